The van der Waals surface area contributed by atoms with Crippen LogP contribution in [-0.2, 0) is 17.6 Å². The van der Waals surface area contributed by atoms with Crippen molar-refractivity contribution in [2.75, 3.05) is 31.6 Å². The van der Waals surface area contributed by atoms with Crippen LogP contribution in [0, 0.1) is 0 Å². The highest BCUT2D eigenvalue weighted by atomic mass is 16.5. The summed E-state index contributed by atoms with van der Waals surface area (Å²) in [5.74, 6) is 0.723. The Morgan fingerprint density at radius 2 is 2.06 bits per heavy atom. The van der Waals surface area contributed by atoms with Crippen LogP contribution in [0.4, 0.5) is 5.95 Å². The Morgan fingerprint density at radius 1 is 1.33 bits per heavy atom. The van der Waals surface area contributed by atoms with E-state index in [1.165, 1.54) is 0 Å². The van der Waals surface area contributed by atoms with E-state index in [1.54, 1.807) is 0 Å². The Balaban J connectivity index is 1.94. The minimum atomic E-state index is 0.206. The van der Waals surface area contributed by atoms with E-state index in [2.05, 4.69) is 40.5 Å². The third-order valence-corrected chi connectivity index (χ3v) is 3.05. The zero-order valence-corrected chi connectivity index (χ0v) is 11.2. The molecule has 1 saturated heterocycles. The number of hydrogen-bond acceptors (Lipinski definition) is 5. The van der Waals surface area contributed by atoms with Crippen molar-refractivity contribution < 1.29 is 4.74 Å². The van der Waals surface area contributed by atoms with Crippen LogP contribution in [-0.4, -0.2) is 42.3 Å². The number of aryl methyl sites for hydroxylation is 2. The van der Waals surface area contributed by atoms with Crippen LogP contribution < -0.4 is 10.6 Å². The molecular formula is C13H22N4O. The first-order valence-electron chi connectivity index (χ1n) is 6.74. The standard InChI is InChI=1S/C13H22N4O/c1-3-10-7-11(4-2)17-13(16-10)15-9-12-8-14-5-6-18-12/h7,12,14H,3-6,8-9H2,1-2H3,(H,15,16,17). The van der Waals surface area contributed by atoms with Crippen molar-refractivity contribution in [2.45, 2.75) is 32.8 Å². The molecule has 100 valence electrons. The summed E-state index contributed by atoms with van der Waals surface area (Å²) >= 11 is 0. The quantitative estimate of drug-likeness (QED) is 0.816. The van der Waals surface area contributed by atoms with Gasteiger partial charge in [-0.3, -0.25) is 0 Å². The Labute approximate surface area is 108 Å². The Hall–Kier alpha value is -1.20. The average molecular weight is 250 g/mol. The van der Waals surface area contributed by atoms with Crippen LogP contribution in [0.5, 0.6) is 0 Å². The molecule has 1 aromatic rings. The maximum atomic E-state index is 5.63. The summed E-state index contributed by atoms with van der Waals surface area (Å²) in [4.78, 5) is 8.97. The highest BCUT2D eigenvalue weighted by Gasteiger charge is 2.13. The molecule has 5 nitrogen and oxygen atoms in total. The van der Waals surface area contributed by atoms with E-state index >= 15 is 0 Å². The molecule has 2 N–H and O–H groups in total. The van der Waals surface area contributed by atoms with E-state index in [0.29, 0.717) is 0 Å². The van der Waals surface area contributed by atoms with Gasteiger partial charge < -0.3 is 15.4 Å². The lowest BCUT2D eigenvalue weighted by Gasteiger charge is -2.23. The summed E-state index contributed by atoms with van der Waals surface area (Å²) in [5.41, 5.74) is 2.18. The van der Waals surface area contributed by atoms with E-state index in [-0.39, 0.29) is 6.10 Å². The third kappa shape index (κ3) is 3.65. The Kier molecular flexibility index (Phi) is 4.90. The molecule has 0 saturated carbocycles. The first-order valence-corrected chi connectivity index (χ1v) is 6.74. The van der Waals surface area contributed by atoms with Gasteiger partial charge in [-0.25, -0.2) is 9.97 Å². The number of nitrogens with one attached hydrogen (secondary N) is 2. The summed E-state index contributed by atoms with van der Waals surface area (Å²) < 4.78 is 5.63. The SMILES string of the molecule is CCc1cc(CC)nc(NCC2CNCCO2)n1. The van der Waals surface area contributed by atoms with Crippen LogP contribution >= 0.6 is 0 Å². The molecule has 0 aromatic carbocycles. The van der Waals surface area contributed by atoms with E-state index in [4.69, 9.17) is 4.74 Å². The number of morpholine rings is 1. The average Bonchev–Trinajstić information content (AvgIpc) is 2.45. The fraction of sp³-hybridized carbons (Fsp3) is 0.692. The van der Waals surface area contributed by atoms with Gasteiger partial charge in [0.15, 0.2) is 0 Å². The van der Waals surface area contributed by atoms with Crippen molar-refractivity contribution in [3.8, 4) is 0 Å². The van der Waals surface area contributed by atoms with Gasteiger partial charge in [0.1, 0.15) is 0 Å². The van der Waals surface area contributed by atoms with Gasteiger partial charge in [-0.2, -0.15) is 0 Å². The minimum absolute atomic E-state index is 0.206. The maximum absolute atomic E-state index is 5.63. The van der Waals surface area contributed by atoms with Crippen LogP contribution in [0.1, 0.15) is 25.2 Å². The molecule has 18 heavy (non-hydrogen) atoms. The van der Waals surface area contributed by atoms with E-state index in [0.717, 1.165) is 56.4 Å². The minimum Gasteiger partial charge on any atom is -0.374 e. The van der Waals surface area contributed by atoms with Gasteiger partial charge in [0.2, 0.25) is 5.95 Å². The smallest absolute Gasteiger partial charge is 0.223 e. The number of hydrogen-bond donors (Lipinski definition) is 2. The summed E-state index contributed by atoms with van der Waals surface area (Å²) in [6, 6.07) is 2.07. The highest BCUT2D eigenvalue weighted by Crippen LogP contribution is 2.07. The number of aromatic nitrogens is 2. The second kappa shape index (κ2) is 6.66. The lowest BCUT2D eigenvalue weighted by Crippen LogP contribution is -2.42. The van der Waals surface area contributed by atoms with E-state index < -0.39 is 0 Å². The molecule has 1 aliphatic heterocycles. The number of anilines is 1. The van der Waals surface area contributed by atoms with Gasteiger partial charge >= 0.3 is 0 Å². The van der Waals surface area contributed by atoms with E-state index in [9.17, 15) is 0 Å². The van der Waals surface area contributed by atoms with Crippen LogP contribution in [0.3, 0.4) is 0 Å². The number of ether oxygens (including phenoxy) is 1. The normalized spacial score (nSPS) is 19.8. The third-order valence-electron chi connectivity index (χ3n) is 3.05. The molecule has 1 atom stereocenters. The fourth-order valence-electron chi connectivity index (χ4n) is 1.95. The molecule has 0 bridgehead atoms. The molecule has 0 aliphatic carbocycles. The Bertz CT molecular complexity index is 355. The van der Waals surface area contributed by atoms with Crippen molar-refractivity contribution in [1.29, 1.82) is 0 Å². The van der Waals surface area contributed by atoms with Crippen molar-refractivity contribution in [1.82, 2.24) is 15.3 Å². The molecule has 2 rings (SSSR count). The number of nitrogens with zero attached hydrogens (tertiary/aromatic N) is 2. The van der Waals surface area contributed by atoms with Crippen LogP contribution in [0.25, 0.3) is 0 Å². The highest BCUT2D eigenvalue weighted by molar-refractivity contribution is 5.28. The lowest BCUT2D eigenvalue weighted by molar-refractivity contribution is 0.0371. The van der Waals surface area contributed by atoms with Crippen LogP contribution in [0.15, 0.2) is 6.07 Å². The first kappa shape index (κ1) is 13.2. The van der Waals surface area contributed by atoms with E-state index in [1.807, 2.05) is 0 Å². The van der Waals surface area contributed by atoms with Crippen molar-refractivity contribution in [2.24, 2.45) is 0 Å². The molecular weight excluding hydrogens is 228 g/mol. The zero-order valence-electron chi connectivity index (χ0n) is 11.2. The van der Waals surface area contributed by atoms with Gasteiger partial charge in [0, 0.05) is 31.0 Å². The Morgan fingerprint density at radius 3 is 2.61 bits per heavy atom. The van der Waals surface area contributed by atoms with Gasteiger partial charge in [-0.05, 0) is 18.9 Å². The summed E-state index contributed by atoms with van der Waals surface area (Å²) in [6.07, 6.45) is 2.08. The van der Waals surface area contributed by atoms with Gasteiger partial charge in [0.25, 0.3) is 0 Å². The largest absolute Gasteiger partial charge is 0.374 e. The molecule has 0 spiro atoms. The second-order valence-electron chi connectivity index (χ2n) is 4.46. The van der Waals surface area contributed by atoms with Crippen molar-refractivity contribution in [3.05, 3.63) is 17.5 Å². The predicted molar refractivity (Wildman–Crippen MR) is 71.9 cm³/mol. The second-order valence-corrected chi connectivity index (χ2v) is 4.46. The molecule has 1 aromatic heterocycles. The predicted octanol–water partition coefficient (Wildman–Crippen LogP) is 1.00. The maximum Gasteiger partial charge on any atom is 0.223 e. The van der Waals surface area contributed by atoms with Gasteiger partial charge in [-0.15, -0.1) is 0 Å². The zero-order chi connectivity index (χ0) is 12.8. The molecule has 1 fully saturated rings. The molecule has 1 unspecified atom stereocenters. The molecule has 0 amide bonds. The molecule has 0 radical (unpaired) electrons. The molecule has 5 heteroatoms. The fourth-order valence-corrected chi connectivity index (χ4v) is 1.95. The van der Waals surface area contributed by atoms with Crippen molar-refractivity contribution in [3.63, 3.8) is 0 Å². The number of rotatable bonds is 5. The van der Waals surface area contributed by atoms with Crippen molar-refractivity contribution >= 4 is 5.95 Å². The van der Waals surface area contributed by atoms with Gasteiger partial charge in [-0.1, -0.05) is 13.8 Å². The molecule has 1 aliphatic rings. The summed E-state index contributed by atoms with van der Waals surface area (Å²) in [5, 5.41) is 6.59. The lowest BCUT2D eigenvalue weighted by atomic mass is 10.2. The van der Waals surface area contributed by atoms with Gasteiger partial charge in [0.05, 0.1) is 12.7 Å². The molecule has 2 heterocycles. The van der Waals surface area contributed by atoms with Crippen LogP contribution in [0.2, 0.25) is 0 Å². The summed E-state index contributed by atoms with van der Waals surface area (Å²) in [6.45, 7) is 7.59. The topological polar surface area (TPSA) is 59.1 Å². The first-order chi connectivity index (χ1) is 8.81. The summed E-state index contributed by atoms with van der Waals surface area (Å²) in [7, 11) is 0. The monoisotopic (exact) mass is 250 g/mol.